The maximum Gasteiger partial charge on any atom is 0.573 e. The number of primary amides is 1. The maximum absolute atomic E-state index is 12.1. The largest absolute Gasteiger partial charge is 0.573 e. The number of halogens is 3. The number of hydrogen-bond acceptors (Lipinski definition) is 6. The summed E-state index contributed by atoms with van der Waals surface area (Å²) < 4.78 is 40.2. The van der Waals surface area contributed by atoms with Crippen molar-refractivity contribution in [3.63, 3.8) is 0 Å². The summed E-state index contributed by atoms with van der Waals surface area (Å²) >= 11 is 0. The molecule has 0 saturated carbocycles. The Balaban J connectivity index is 2.11. The molecule has 1 aliphatic heterocycles. The standard InChI is InChI=1S/C14H13F3N6O2/c15-14(16,17)25-9-3-1-8(2-4-9)23-13-10(5-20-6-11(18)24)12(19)21-7-22-13/h1-5,7,20H,6H2,(H2,18,24)(H2,19,21,22,23)/b10-5+. The van der Waals surface area contributed by atoms with Crippen LogP contribution in [0.5, 0.6) is 5.75 Å². The van der Waals surface area contributed by atoms with Crippen molar-refractivity contribution in [1.82, 2.24) is 5.32 Å². The van der Waals surface area contributed by atoms with E-state index in [1.165, 1.54) is 18.3 Å². The highest BCUT2D eigenvalue weighted by molar-refractivity contribution is 6.30. The zero-order valence-corrected chi connectivity index (χ0v) is 12.6. The summed E-state index contributed by atoms with van der Waals surface area (Å²) in [6.45, 7) is -0.142. The average Bonchev–Trinajstić information content (AvgIpc) is 2.50. The summed E-state index contributed by atoms with van der Waals surface area (Å²) in [4.78, 5) is 18.4. The molecule has 1 aliphatic rings. The number of nitrogens with two attached hydrogens (primary N) is 1. The zero-order chi connectivity index (χ0) is 18.4. The molecule has 0 atom stereocenters. The number of aliphatic imine (C=N–C) groups is 2. The summed E-state index contributed by atoms with van der Waals surface area (Å²) in [7, 11) is 0. The Bertz CT molecular complexity index is 753. The lowest BCUT2D eigenvalue weighted by molar-refractivity contribution is -0.274. The van der Waals surface area contributed by atoms with Crippen LogP contribution in [0.3, 0.4) is 0 Å². The zero-order valence-electron chi connectivity index (χ0n) is 12.6. The van der Waals surface area contributed by atoms with E-state index in [0.29, 0.717) is 5.69 Å². The Morgan fingerprint density at radius 3 is 2.60 bits per heavy atom. The van der Waals surface area contributed by atoms with E-state index in [1.54, 1.807) is 0 Å². The third-order valence-electron chi connectivity index (χ3n) is 2.76. The molecule has 0 bridgehead atoms. The van der Waals surface area contributed by atoms with E-state index >= 15 is 0 Å². The van der Waals surface area contributed by atoms with Crippen LogP contribution in [0, 0.1) is 5.41 Å². The van der Waals surface area contributed by atoms with Crippen LogP contribution in [0.4, 0.5) is 18.9 Å². The predicted octanol–water partition coefficient (Wildman–Crippen LogP) is 1.37. The highest BCUT2D eigenvalue weighted by atomic mass is 19.4. The molecule has 5 N–H and O–H groups in total. The van der Waals surface area contributed by atoms with E-state index in [9.17, 15) is 18.0 Å². The minimum Gasteiger partial charge on any atom is -0.406 e. The van der Waals surface area contributed by atoms with Crippen LogP contribution in [0.2, 0.25) is 0 Å². The van der Waals surface area contributed by atoms with E-state index < -0.39 is 12.3 Å². The number of nitrogens with zero attached hydrogens (tertiary/aromatic N) is 2. The van der Waals surface area contributed by atoms with Gasteiger partial charge in [-0.25, -0.2) is 9.98 Å². The number of ether oxygens (including phenoxy) is 1. The van der Waals surface area contributed by atoms with Gasteiger partial charge < -0.3 is 21.1 Å². The highest BCUT2D eigenvalue weighted by Gasteiger charge is 2.31. The van der Waals surface area contributed by atoms with E-state index in [2.05, 4.69) is 25.4 Å². The van der Waals surface area contributed by atoms with E-state index in [4.69, 9.17) is 11.1 Å². The first-order valence-corrected chi connectivity index (χ1v) is 6.79. The van der Waals surface area contributed by atoms with Crippen molar-refractivity contribution in [1.29, 1.82) is 5.41 Å². The molecular weight excluding hydrogens is 341 g/mol. The first-order chi connectivity index (χ1) is 11.7. The Morgan fingerprint density at radius 2 is 2.00 bits per heavy atom. The molecule has 2 rings (SSSR count). The quantitative estimate of drug-likeness (QED) is 0.637. The van der Waals surface area contributed by atoms with Gasteiger partial charge in [0.2, 0.25) is 5.91 Å². The number of rotatable bonds is 5. The second-order valence-electron chi connectivity index (χ2n) is 4.67. The van der Waals surface area contributed by atoms with E-state index in [0.717, 1.165) is 18.5 Å². The van der Waals surface area contributed by atoms with Crippen molar-refractivity contribution in [2.45, 2.75) is 6.36 Å². The van der Waals surface area contributed by atoms with Crippen LogP contribution >= 0.6 is 0 Å². The van der Waals surface area contributed by atoms with Gasteiger partial charge >= 0.3 is 6.36 Å². The fraction of sp³-hybridized carbons (Fsp3) is 0.143. The molecule has 1 aromatic carbocycles. The van der Waals surface area contributed by atoms with E-state index in [-0.39, 0.29) is 29.5 Å². The number of alkyl halides is 3. The molecule has 0 spiro atoms. The molecule has 25 heavy (non-hydrogen) atoms. The summed E-state index contributed by atoms with van der Waals surface area (Å²) in [5.41, 5.74) is 5.67. The minimum atomic E-state index is -4.77. The van der Waals surface area contributed by atoms with Crippen LogP contribution in [0.25, 0.3) is 0 Å². The number of amidine groups is 2. The van der Waals surface area contributed by atoms with Crippen LogP contribution in [-0.4, -0.2) is 36.8 Å². The molecule has 0 aliphatic carbocycles. The number of anilines is 1. The molecule has 0 radical (unpaired) electrons. The Kier molecular flexibility index (Phi) is 5.37. The second kappa shape index (κ2) is 7.47. The van der Waals surface area contributed by atoms with Gasteiger partial charge in [-0.1, -0.05) is 0 Å². The lowest BCUT2D eigenvalue weighted by Gasteiger charge is -2.15. The topological polar surface area (TPSA) is 125 Å². The fourth-order valence-corrected chi connectivity index (χ4v) is 1.76. The van der Waals surface area contributed by atoms with Gasteiger partial charge in [0.1, 0.15) is 17.9 Å². The van der Waals surface area contributed by atoms with Gasteiger partial charge in [0, 0.05) is 11.9 Å². The number of carbonyl (C=O) groups excluding carboxylic acids is 1. The number of amides is 1. The van der Waals surface area contributed by atoms with Gasteiger partial charge in [-0.3, -0.25) is 10.2 Å². The number of benzene rings is 1. The summed E-state index contributed by atoms with van der Waals surface area (Å²) in [6, 6.07) is 4.97. The molecule has 0 aromatic heterocycles. The minimum absolute atomic E-state index is 0.119. The highest BCUT2D eigenvalue weighted by Crippen LogP contribution is 2.24. The molecule has 0 fully saturated rings. The van der Waals surface area contributed by atoms with Gasteiger partial charge in [0.15, 0.2) is 5.84 Å². The van der Waals surface area contributed by atoms with Gasteiger partial charge in [-0.2, -0.15) is 0 Å². The normalized spacial score (nSPS) is 15.7. The second-order valence-corrected chi connectivity index (χ2v) is 4.67. The summed E-state index contributed by atoms with van der Waals surface area (Å²) in [5, 5.41) is 13.2. The number of hydrogen-bond donors (Lipinski definition) is 4. The molecule has 1 amide bonds. The lowest BCUT2D eigenvalue weighted by Crippen LogP contribution is -2.29. The van der Waals surface area contributed by atoms with Gasteiger partial charge in [-0.15, -0.1) is 13.2 Å². The molecule has 132 valence electrons. The molecule has 11 heteroatoms. The SMILES string of the molecule is N=C1N=CN=C(Nc2ccc(OC(F)(F)F)cc2)/C1=C/NCC(N)=O. The van der Waals surface area contributed by atoms with Crippen molar-refractivity contribution in [3.8, 4) is 5.75 Å². The monoisotopic (exact) mass is 354 g/mol. The summed E-state index contributed by atoms with van der Waals surface area (Å²) in [5.74, 6) is -0.848. The van der Waals surface area contributed by atoms with E-state index in [1.807, 2.05) is 0 Å². The Morgan fingerprint density at radius 1 is 1.32 bits per heavy atom. The van der Waals surface area contributed by atoms with Crippen molar-refractivity contribution >= 4 is 29.6 Å². The Hall–Kier alpha value is -3.37. The van der Waals surface area contributed by atoms with Gasteiger partial charge in [0.05, 0.1) is 12.1 Å². The first kappa shape index (κ1) is 18.0. The molecule has 1 aromatic rings. The van der Waals surface area contributed by atoms with Gasteiger partial charge in [-0.05, 0) is 24.3 Å². The molecule has 0 unspecified atom stereocenters. The maximum atomic E-state index is 12.1. The van der Waals surface area contributed by atoms with Crippen molar-refractivity contribution in [2.75, 3.05) is 11.9 Å². The molecular formula is C14H13F3N6O2. The Labute approximate surface area is 139 Å². The van der Waals surface area contributed by atoms with Crippen molar-refractivity contribution in [3.05, 3.63) is 36.0 Å². The van der Waals surface area contributed by atoms with Gasteiger partial charge in [0.25, 0.3) is 0 Å². The first-order valence-electron chi connectivity index (χ1n) is 6.79. The smallest absolute Gasteiger partial charge is 0.406 e. The van der Waals surface area contributed by atoms with Crippen LogP contribution in [0.15, 0.2) is 46.0 Å². The molecule has 1 heterocycles. The third-order valence-corrected chi connectivity index (χ3v) is 2.76. The number of carbonyl (C=O) groups is 1. The lowest BCUT2D eigenvalue weighted by atomic mass is 10.2. The summed E-state index contributed by atoms with van der Waals surface area (Å²) in [6.07, 6.45) is -2.27. The van der Waals surface area contributed by atoms with Crippen LogP contribution in [0.1, 0.15) is 0 Å². The molecule has 0 saturated heterocycles. The van der Waals surface area contributed by atoms with Crippen LogP contribution in [-0.2, 0) is 4.79 Å². The fourth-order valence-electron chi connectivity index (χ4n) is 1.76. The number of nitrogens with one attached hydrogen (secondary N) is 3. The molecule has 8 nitrogen and oxygen atoms in total. The van der Waals surface area contributed by atoms with Crippen molar-refractivity contribution in [2.24, 2.45) is 15.7 Å². The van der Waals surface area contributed by atoms with Crippen molar-refractivity contribution < 1.29 is 22.7 Å². The average molecular weight is 354 g/mol. The predicted molar refractivity (Wildman–Crippen MR) is 85.7 cm³/mol. The van der Waals surface area contributed by atoms with Crippen LogP contribution < -0.4 is 21.1 Å². The third kappa shape index (κ3) is 5.64.